The molecule has 1 aliphatic heterocycles. The van der Waals surface area contributed by atoms with E-state index in [4.69, 9.17) is 4.42 Å². The van der Waals surface area contributed by atoms with Gasteiger partial charge in [0.15, 0.2) is 5.76 Å². The van der Waals surface area contributed by atoms with Crippen molar-refractivity contribution in [2.24, 2.45) is 0 Å². The maximum atomic E-state index is 12.6. The van der Waals surface area contributed by atoms with Gasteiger partial charge in [0, 0.05) is 26.2 Å². The van der Waals surface area contributed by atoms with Gasteiger partial charge in [-0.2, -0.15) is 4.31 Å². The average Bonchev–Trinajstić information content (AvgIpc) is 3.09. The van der Waals surface area contributed by atoms with Crippen LogP contribution in [0.15, 0.2) is 52.0 Å². The monoisotopic (exact) mass is 334 g/mol. The summed E-state index contributed by atoms with van der Waals surface area (Å²) in [5.41, 5.74) is 0.901. The summed E-state index contributed by atoms with van der Waals surface area (Å²) in [5, 5.41) is 0. The standard InChI is InChI=1S/C16H18N2O4S/c1-13-4-2-5-14(12-13)23(20,21)18-9-7-17(8-10-18)16(19)15-6-3-11-22-15/h2-6,11-12H,7-10H2,1H3. The number of nitrogens with zero attached hydrogens (tertiary/aromatic N) is 2. The Morgan fingerprint density at radius 1 is 1.09 bits per heavy atom. The Kier molecular flexibility index (Phi) is 4.23. The molecule has 0 bridgehead atoms. The van der Waals surface area contributed by atoms with E-state index in [1.807, 2.05) is 13.0 Å². The Hall–Kier alpha value is -2.12. The molecule has 0 spiro atoms. The van der Waals surface area contributed by atoms with E-state index in [0.717, 1.165) is 5.56 Å². The highest BCUT2D eigenvalue weighted by molar-refractivity contribution is 7.89. The summed E-state index contributed by atoms with van der Waals surface area (Å²) in [6.07, 6.45) is 1.45. The summed E-state index contributed by atoms with van der Waals surface area (Å²) in [7, 11) is -3.52. The number of furan rings is 1. The first-order chi connectivity index (χ1) is 11.0. The van der Waals surface area contributed by atoms with Gasteiger partial charge in [0.1, 0.15) is 0 Å². The van der Waals surface area contributed by atoms with E-state index in [1.54, 1.807) is 35.2 Å². The number of benzene rings is 1. The molecule has 1 amide bonds. The zero-order valence-corrected chi connectivity index (χ0v) is 13.6. The number of hydrogen-bond donors (Lipinski definition) is 0. The lowest BCUT2D eigenvalue weighted by Crippen LogP contribution is -2.50. The molecule has 2 aromatic rings. The molecule has 1 aromatic carbocycles. The topological polar surface area (TPSA) is 70.8 Å². The lowest BCUT2D eigenvalue weighted by molar-refractivity contribution is 0.0666. The number of sulfonamides is 1. The molecule has 23 heavy (non-hydrogen) atoms. The van der Waals surface area contributed by atoms with Crippen molar-refractivity contribution in [3.8, 4) is 0 Å². The molecule has 0 saturated carbocycles. The maximum absolute atomic E-state index is 12.6. The normalized spacial score (nSPS) is 16.5. The van der Waals surface area contributed by atoms with Gasteiger partial charge in [-0.1, -0.05) is 12.1 Å². The van der Waals surface area contributed by atoms with Crippen LogP contribution in [-0.2, 0) is 10.0 Å². The molecule has 0 unspecified atom stereocenters. The Balaban J connectivity index is 1.70. The highest BCUT2D eigenvalue weighted by atomic mass is 32.2. The molecule has 1 aromatic heterocycles. The first-order valence-electron chi connectivity index (χ1n) is 7.38. The number of aryl methyl sites for hydroxylation is 1. The number of rotatable bonds is 3. The summed E-state index contributed by atoms with van der Waals surface area (Å²) >= 11 is 0. The number of hydrogen-bond acceptors (Lipinski definition) is 4. The van der Waals surface area contributed by atoms with Crippen molar-refractivity contribution in [3.05, 3.63) is 54.0 Å². The maximum Gasteiger partial charge on any atom is 0.289 e. The van der Waals surface area contributed by atoms with Crippen LogP contribution in [0.1, 0.15) is 16.1 Å². The van der Waals surface area contributed by atoms with Gasteiger partial charge in [0.2, 0.25) is 10.0 Å². The van der Waals surface area contributed by atoms with Gasteiger partial charge in [-0.15, -0.1) is 0 Å². The predicted molar refractivity (Wildman–Crippen MR) is 84.5 cm³/mol. The van der Waals surface area contributed by atoms with Crippen LogP contribution in [0.4, 0.5) is 0 Å². The molecular formula is C16H18N2O4S. The second kappa shape index (κ2) is 6.17. The molecule has 122 valence electrons. The lowest BCUT2D eigenvalue weighted by atomic mass is 10.2. The molecule has 0 radical (unpaired) electrons. The van der Waals surface area contributed by atoms with E-state index < -0.39 is 10.0 Å². The Morgan fingerprint density at radius 2 is 1.83 bits per heavy atom. The quantitative estimate of drug-likeness (QED) is 0.857. The van der Waals surface area contributed by atoms with Gasteiger partial charge in [-0.25, -0.2) is 8.42 Å². The Morgan fingerprint density at radius 3 is 2.43 bits per heavy atom. The van der Waals surface area contributed by atoms with Gasteiger partial charge in [-0.3, -0.25) is 4.79 Å². The minimum atomic E-state index is -3.52. The van der Waals surface area contributed by atoms with Crippen molar-refractivity contribution in [2.75, 3.05) is 26.2 Å². The molecule has 0 aliphatic carbocycles. The fourth-order valence-corrected chi connectivity index (χ4v) is 4.14. The van der Waals surface area contributed by atoms with Crippen LogP contribution < -0.4 is 0 Å². The van der Waals surface area contributed by atoms with E-state index in [-0.39, 0.29) is 24.8 Å². The van der Waals surface area contributed by atoms with Crippen LogP contribution in [0.5, 0.6) is 0 Å². The van der Waals surface area contributed by atoms with E-state index in [9.17, 15) is 13.2 Å². The summed E-state index contributed by atoms with van der Waals surface area (Å²) in [5.74, 6) is 0.0718. The van der Waals surface area contributed by atoms with E-state index >= 15 is 0 Å². The third kappa shape index (κ3) is 3.16. The molecule has 1 saturated heterocycles. The second-order valence-corrected chi connectivity index (χ2v) is 7.43. The summed E-state index contributed by atoms with van der Waals surface area (Å²) < 4.78 is 31.8. The first-order valence-corrected chi connectivity index (χ1v) is 8.82. The van der Waals surface area contributed by atoms with Crippen molar-refractivity contribution in [2.45, 2.75) is 11.8 Å². The largest absolute Gasteiger partial charge is 0.459 e. The molecule has 1 aliphatic rings. The van der Waals surface area contributed by atoms with E-state index in [1.165, 1.54) is 10.6 Å². The summed E-state index contributed by atoms with van der Waals surface area (Å²) in [6, 6.07) is 10.1. The molecule has 7 heteroatoms. The molecule has 6 nitrogen and oxygen atoms in total. The van der Waals surface area contributed by atoms with Crippen LogP contribution >= 0.6 is 0 Å². The van der Waals surface area contributed by atoms with Crippen molar-refractivity contribution in [3.63, 3.8) is 0 Å². The predicted octanol–water partition coefficient (Wildman–Crippen LogP) is 1.73. The molecule has 3 rings (SSSR count). The second-order valence-electron chi connectivity index (χ2n) is 5.49. The minimum Gasteiger partial charge on any atom is -0.459 e. The highest BCUT2D eigenvalue weighted by Crippen LogP contribution is 2.19. The number of amides is 1. The smallest absolute Gasteiger partial charge is 0.289 e. The van der Waals surface area contributed by atoms with Crippen LogP contribution in [-0.4, -0.2) is 49.7 Å². The van der Waals surface area contributed by atoms with Gasteiger partial charge >= 0.3 is 0 Å². The Labute approximate surface area is 135 Å². The van der Waals surface area contributed by atoms with Crippen molar-refractivity contribution < 1.29 is 17.6 Å². The fourth-order valence-electron chi connectivity index (χ4n) is 2.61. The zero-order chi connectivity index (χ0) is 16.4. The average molecular weight is 334 g/mol. The zero-order valence-electron chi connectivity index (χ0n) is 12.8. The van der Waals surface area contributed by atoms with Gasteiger partial charge in [0.25, 0.3) is 5.91 Å². The van der Waals surface area contributed by atoms with Gasteiger partial charge in [0.05, 0.1) is 11.2 Å². The van der Waals surface area contributed by atoms with Crippen LogP contribution in [0.3, 0.4) is 0 Å². The fraction of sp³-hybridized carbons (Fsp3) is 0.312. The first kappa shape index (κ1) is 15.8. The molecule has 1 fully saturated rings. The van der Waals surface area contributed by atoms with Crippen LogP contribution in [0, 0.1) is 6.92 Å². The molecule has 0 N–H and O–H groups in total. The SMILES string of the molecule is Cc1cccc(S(=O)(=O)N2CCN(C(=O)c3ccco3)CC2)c1. The van der Waals surface area contributed by atoms with Gasteiger partial charge in [-0.05, 0) is 36.8 Å². The van der Waals surface area contributed by atoms with E-state index in [2.05, 4.69) is 0 Å². The molecule has 2 heterocycles. The third-order valence-electron chi connectivity index (χ3n) is 3.89. The van der Waals surface area contributed by atoms with E-state index in [0.29, 0.717) is 18.0 Å². The summed E-state index contributed by atoms with van der Waals surface area (Å²) in [4.78, 5) is 14.1. The van der Waals surface area contributed by atoms with Crippen LogP contribution in [0.2, 0.25) is 0 Å². The number of carbonyl (C=O) groups is 1. The van der Waals surface area contributed by atoms with Crippen LogP contribution in [0.25, 0.3) is 0 Å². The van der Waals surface area contributed by atoms with Crippen molar-refractivity contribution in [1.29, 1.82) is 0 Å². The van der Waals surface area contributed by atoms with Gasteiger partial charge < -0.3 is 9.32 Å². The number of piperazine rings is 1. The minimum absolute atomic E-state index is 0.206. The highest BCUT2D eigenvalue weighted by Gasteiger charge is 2.31. The summed E-state index contributed by atoms with van der Waals surface area (Å²) in [6.45, 7) is 3.12. The van der Waals surface area contributed by atoms with Crippen molar-refractivity contribution in [1.82, 2.24) is 9.21 Å². The Bertz CT molecular complexity index is 791. The third-order valence-corrected chi connectivity index (χ3v) is 5.78. The molecular weight excluding hydrogens is 316 g/mol. The number of carbonyl (C=O) groups excluding carboxylic acids is 1. The molecule has 0 atom stereocenters. The van der Waals surface area contributed by atoms with Crippen molar-refractivity contribution >= 4 is 15.9 Å². The lowest BCUT2D eigenvalue weighted by Gasteiger charge is -2.33.